The molecule has 0 unspecified atom stereocenters. The fourth-order valence-corrected chi connectivity index (χ4v) is 1.88. The first-order valence-electron chi connectivity index (χ1n) is 4.81. The lowest BCUT2D eigenvalue weighted by Gasteiger charge is -2.30. The van der Waals surface area contributed by atoms with E-state index < -0.39 is 0 Å². The maximum Gasteiger partial charge on any atom is 0.0154 e. The Morgan fingerprint density at radius 3 is 2.18 bits per heavy atom. The van der Waals surface area contributed by atoms with Gasteiger partial charge < -0.3 is 5.73 Å². The molecular formula is C10H21N. The number of rotatable bonds is 4. The second kappa shape index (κ2) is 2.78. The molecule has 0 saturated heterocycles. The van der Waals surface area contributed by atoms with Gasteiger partial charge in [0, 0.05) is 5.54 Å². The van der Waals surface area contributed by atoms with Crippen LogP contribution in [0.15, 0.2) is 0 Å². The molecule has 0 aromatic carbocycles. The quantitative estimate of drug-likeness (QED) is 0.663. The molecule has 1 heteroatoms. The van der Waals surface area contributed by atoms with Gasteiger partial charge in [0.05, 0.1) is 0 Å². The van der Waals surface area contributed by atoms with Crippen molar-refractivity contribution in [1.29, 1.82) is 0 Å². The van der Waals surface area contributed by atoms with Crippen LogP contribution in [0, 0.1) is 5.41 Å². The van der Waals surface area contributed by atoms with E-state index in [0.717, 1.165) is 0 Å². The Labute approximate surface area is 70.4 Å². The fourth-order valence-electron chi connectivity index (χ4n) is 1.88. The molecule has 0 aliphatic heterocycles. The Hall–Kier alpha value is -0.0400. The van der Waals surface area contributed by atoms with E-state index in [9.17, 15) is 0 Å². The van der Waals surface area contributed by atoms with Gasteiger partial charge in [0.2, 0.25) is 0 Å². The highest BCUT2D eigenvalue weighted by atomic mass is 14.8. The third-order valence-corrected chi connectivity index (χ3v) is 3.23. The van der Waals surface area contributed by atoms with Crippen molar-refractivity contribution >= 4 is 0 Å². The Balaban J connectivity index is 2.41. The zero-order valence-corrected chi connectivity index (χ0v) is 8.11. The predicted molar refractivity (Wildman–Crippen MR) is 49.5 cm³/mol. The van der Waals surface area contributed by atoms with Crippen LogP contribution in [0.4, 0.5) is 0 Å². The smallest absolute Gasteiger partial charge is 0.0154 e. The molecule has 0 heterocycles. The number of hydrogen-bond donors (Lipinski definition) is 1. The van der Waals surface area contributed by atoms with Gasteiger partial charge in [-0.25, -0.2) is 0 Å². The Morgan fingerprint density at radius 1 is 1.36 bits per heavy atom. The van der Waals surface area contributed by atoms with E-state index in [2.05, 4.69) is 20.8 Å². The summed E-state index contributed by atoms with van der Waals surface area (Å²) in [6.45, 7) is 6.60. The molecule has 0 bridgehead atoms. The molecule has 0 aromatic heterocycles. The van der Waals surface area contributed by atoms with Gasteiger partial charge in [0.25, 0.3) is 0 Å². The highest BCUT2D eigenvalue weighted by molar-refractivity contribution is 5.06. The summed E-state index contributed by atoms with van der Waals surface area (Å²) in [7, 11) is 0. The topological polar surface area (TPSA) is 26.0 Å². The number of hydrogen-bond acceptors (Lipinski definition) is 1. The fraction of sp³-hybridized carbons (Fsp3) is 1.00. The normalized spacial score (nSPS) is 21.8. The molecule has 0 spiro atoms. The average molecular weight is 155 g/mol. The summed E-state index contributed by atoms with van der Waals surface area (Å²) in [6.07, 6.45) is 6.71. The monoisotopic (exact) mass is 155 g/mol. The summed E-state index contributed by atoms with van der Waals surface area (Å²) in [5.74, 6) is 0. The van der Waals surface area contributed by atoms with Crippen molar-refractivity contribution < 1.29 is 0 Å². The second-order valence-electron chi connectivity index (χ2n) is 4.61. The number of unbranched alkanes of at least 4 members (excludes halogenated alkanes) is 1. The summed E-state index contributed by atoms with van der Waals surface area (Å²) >= 11 is 0. The van der Waals surface area contributed by atoms with Gasteiger partial charge in [-0.2, -0.15) is 0 Å². The van der Waals surface area contributed by atoms with Crippen LogP contribution < -0.4 is 5.73 Å². The largest absolute Gasteiger partial charge is 0.325 e. The summed E-state index contributed by atoms with van der Waals surface area (Å²) in [5.41, 5.74) is 6.69. The van der Waals surface area contributed by atoms with Crippen molar-refractivity contribution in [2.45, 2.75) is 58.4 Å². The van der Waals surface area contributed by atoms with Crippen LogP contribution >= 0.6 is 0 Å². The van der Waals surface area contributed by atoms with Crippen molar-refractivity contribution in [2.24, 2.45) is 11.1 Å². The zero-order chi connectivity index (χ0) is 8.54. The Kier molecular flexibility index (Phi) is 2.29. The lowest BCUT2D eigenvalue weighted by atomic mass is 9.81. The summed E-state index contributed by atoms with van der Waals surface area (Å²) in [5, 5.41) is 0. The van der Waals surface area contributed by atoms with Crippen LogP contribution in [-0.4, -0.2) is 5.54 Å². The summed E-state index contributed by atoms with van der Waals surface area (Å²) < 4.78 is 0. The first-order valence-corrected chi connectivity index (χ1v) is 4.81. The van der Waals surface area contributed by atoms with Crippen LogP contribution in [0.5, 0.6) is 0 Å². The Morgan fingerprint density at radius 2 is 1.91 bits per heavy atom. The molecular weight excluding hydrogens is 134 g/mol. The zero-order valence-electron chi connectivity index (χ0n) is 8.11. The van der Waals surface area contributed by atoms with Gasteiger partial charge in [-0.05, 0) is 38.5 Å². The first kappa shape index (κ1) is 9.05. The molecule has 1 nitrogen and oxygen atoms in total. The van der Waals surface area contributed by atoms with Crippen molar-refractivity contribution in [1.82, 2.24) is 0 Å². The van der Waals surface area contributed by atoms with E-state index in [1.807, 2.05) is 0 Å². The molecule has 11 heavy (non-hydrogen) atoms. The highest BCUT2D eigenvalue weighted by Gasteiger charge is 2.51. The van der Waals surface area contributed by atoms with E-state index in [1.54, 1.807) is 0 Å². The van der Waals surface area contributed by atoms with Crippen molar-refractivity contribution in [3.63, 3.8) is 0 Å². The van der Waals surface area contributed by atoms with E-state index >= 15 is 0 Å². The second-order valence-corrected chi connectivity index (χ2v) is 4.61. The minimum atomic E-state index is 0.0577. The molecule has 1 aliphatic carbocycles. The van der Waals surface area contributed by atoms with Crippen LogP contribution in [-0.2, 0) is 0 Å². The van der Waals surface area contributed by atoms with Crippen molar-refractivity contribution in [3.8, 4) is 0 Å². The molecule has 2 N–H and O–H groups in total. The van der Waals surface area contributed by atoms with E-state index in [4.69, 9.17) is 5.73 Å². The maximum absolute atomic E-state index is 6.12. The van der Waals surface area contributed by atoms with Crippen LogP contribution in [0.2, 0.25) is 0 Å². The van der Waals surface area contributed by atoms with Crippen LogP contribution in [0.25, 0.3) is 0 Å². The molecule has 0 atom stereocenters. The molecule has 0 radical (unpaired) electrons. The van der Waals surface area contributed by atoms with Gasteiger partial charge in [-0.15, -0.1) is 0 Å². The third kappa shape index (κ3) is 1.76. The first-order chi connectivity index (χ1) is 5.02. The molecule has 1 rings (SSSR count). The molecule has 66 valence electrons. The van der Waals surface area contributed by atoms with Crippen molar-refractivity contribution in [2.75, 3.05) is 0 Å². The summed E-state index contributed by atoms with van der Waals surface area (Å²) in [4.78, 5) is 0. The molecule has 0 amide bonds. The molecule has 0 aromatic rings. The third-order valence-electron chi connectivity index (χ3n) is 3.23. The van der Waals surface area contributed by atoms with E-state index in [-0.39, 0.29) is 5.54 Å². The number of nitrogens with two attached hydrogens (primary N) is 1. The molecule has 1 fully saturated rings. The van der Waals surface area contributed by atoms with E-state index in [0.29, 0.717) is 5.41 Å². The van der Waals surface area contributed by atoms with E-state index in [1.165, 1.54) is 32.1 Å². The standard InChI is InChI=1S/C10H21N/c1-4-5-6-10(7-8-10)9(2,3)11/h4-8,11H2,1-3H3. The minimum Gasteiger partial charge on any atom is -0.325 e. The SMILES string of the molecule is CCCCC1(C(C)(C)N)CC1. The minimum absolute atomic E-state index is 0.0577. The highest BCUT2D eigenvalue weighted by Crippen LogP contribution is 2.56. The maximum atomic E-state index is 6.12. The van der Waals surface area contributed by atoms with Gasteiger partial charge in [-0.1, -0.05) is 19.8 Å². The van der Waals surface area contributed by atoms with Crippen LogP contribution in [0.1, 0.15) is 52.9 Å². The predicted octanol–water partition coefficient (Wildman–Crippen LogP) is 2.69. The lowest BCUT2D eigenvalue weighted by molar-refractivity contribution is 0.269. The van der Waals surface area contributed by atoms with Crippen molar-refractivity contribution in [3.05, 3.63) is 0 Å². The Bertz CT molecular complexity index is 128. The molecule has 1 saturated carbocycles. The summed E-state index contributed by atoms with van der Waals surface area (Å²) in [6, 6.07) is 0. The average Bonchev–Trinajstić information content (AvgIpc) is 2.61. The van der Waals surface area contributed by atoms with Gasteiger partial charge in [0.15, 0.2) is 0 Å². The van der Waals surface area contributed by atoms with Gasteiger partial charge in [0.1, 0.15) is 0 Å². The van der Waals surface area contributed by atoms with Gasteiger partial charge in [-0.3, -0.25) is 0 Å². The molecule has 1 aliphatic rings. The van der Waals surface area contributed by atoms with Crippen LogP contribution in [0.3, 0.4) is 0 Å². The lowest BCUT2D eigenvalue weighted by Crippen LogP contribution is -2.42. The van der Waals surface area contributed by atoms with Gasteiger partial charge >= 0.3 is 0 Å².